The molecule has 0 aromatic heterocycles. The van der Waals surface area contributed by atoms with Crippen LogP contribution in [0.2, 0.25) is 5.02 Å². The first-order chi connectivity index (χ1) is 16.6. The van der Waals surface area contributed by atoms with Crippen LogP contribution in [0.4, 0.5) is 0 Å². The lowest BCUT2D eigenvalue weighted by Crippen LogP contribution is -2.33. The Kier molecular flexibility index (Phi) is 5.87. The summed E-state index contributed by atoms with van der Waals surface area (Å²) in [6, 6.07) is 17.3. The Morgan fingerprint density at radius 2 is 1.50 bits per heavy atom. The van der Waals surface area contributed by atoms with Gasteiger partial charge in [-0.3, -0.25) is 0 Å². The highest BCUT2D eigenvalue weighted by atomic mass is 35.5. The van der Waals surface area contributed by atoms with E-state index in [9.17, 15) is 0 Å². The van der Waals surface area contributed by atoms with Crippen LogP contribution in [0.1, 0.15) is 35.4 Å². The molecule has 0 fully saturated rings. The van der Waals surface area contributed by atoms with Crippen molar-refractivity contribution in [3.8, 4) is 28.7 Å². The van der Waals surface area contributed by atoms with E-state index in [-0.39, 0.29) is 6.04 Å². The van der Waals surface area contributed by atoms with Gasteiger partial charge in [-0.1, -0.05) is 11.6 Å². The highest BCUT2D eigenvalue weighted by Crippen LogP contribution is 2.49. The fourth-order valence-electron chi connectivity index (χ4n) is 4.47. The Morgan fingerprint density at radius 3 is 2.21 bits per heavy atom. The molecule has 3 aromatic rings. The van der Waals surface area contributed by atoms with Gasteiger partial charge in [-0.25, -0.2) is 5.01 Å². The normalized spacial score (nSPS) is 18.4. The van der Waals surface area contributed by atoms with Gasteiger partial charge < -0.3 is 23.7 Å². The van der Waals surface area contributed by atoms with E-state index in [4.69, 9.17) is 40.4 Å². The molecule has 2 aliphatic rings. The van der Waals surface area contributed by atoms with E-state index in [1.165, 1.54) is 0 Å². The predicted octanol–water partition coefficient (Wildman–Crippen LogP) is 5.62. The zero-order valence-electron chi connectivity index (χ0n) is 19.4. The van der Waals surface area contributed by atoms with Crippen molar-refractivity contribution in [2.45, 2.75) is 18.7 Å². The number of methoxy groups -OCH3 is 4. The van der Waals surface area contributed by atoms with Gasteiger partial charge in [-0.15, -0.1) is 0 Å². The quantitative estimate of drug-likeness (QED) is 0.456. The van der Waals surface area contributed by atoms with Gasteiger partial charge in [-0.2, -0.15) is 5.10 Å². The maximum atomic E-state index is 6.44. The van der Waals surface area contributed by atoms with Crippen molar-refractivity contribution in [2.24, 2.45) is 5.10 Å². The molecule has 0 spiro atoms. The molecule has 176 valence electrons. The average molecular weight is 481 g/mol. The second kappa shape index (κ2) is 8.99. The number of hydrogen-bond donors (Lipinski definition) is 0. The summed E-state index contributed by atoms with van der Waals surface area (Å²) >= 11 is 6.35. The lowest BCUT2D eigenvalue weighted by molar-refractivity contribution is -0.0191. The summed E-state index contributed by atoms with van der Waals surface area (Å²) in [6.07, 6.45) is 0.242. The van der Waals surface area contributed by atoms with Gasteiger partial charge in [0.25, 0.3) is 0 Å². The molecule has 0 bridgehead atoms. The summed E-state index contributed by atoms with van der Waals surface area (Å²) in [5.41, 5.74) is 3.79. The molecule has 7 nitrogen and oxygen atoms in total. The van der Waals surface area contributed by atoms with Gasteiger partial charge in [0, 0.05) is 28.1 Å². The van der Waals surface area contributed by atoms with Crippen molar-refractivity contribution in [3.63, 3.8) is 0 Å². The molecule has 0 radical (unpaired) electrons. The molecule has 2 atom stereocenters. The first kappa shape index (κ1) is 22.2. The zero-order chi connectivity index (χ0) is 23.8. The second-order valence-electron chi connectivity index (χ2n) is 7.98. The van der Waals surface area contributed by atoms with Crippen molar-refractivity contribution >= 4 is 17.3 Å². The third kappa shape index (κ3) is 3.76. The lowest BCUT2D eigenvalue weighted by Gasteiger charge is -2.38. The SMILES string of the molecule is COc1ccc(C2=NN3C(C2)c2cc(Cl)ccc2OC3c2ccc(OC)c(OC)c2)cc1OC. The number of ether oxygens (including phenoxy) is 5. The van der Waals surface area contributed by atoms with Crippen molar-refractivity contribution in [2.75, 3.05) is 28.4 Å². The molecule has 8 heteroatoms. The Labute approximate surface area is 203 Å². The van der Waals surface area contributed by atoms with E-state index in [0.29, 0.717) is 34.4 Å². The average Bonchev–Trinajstić information content (AvgIpc) is 3.33. The molecule has 0 amide bonds. The monoisotopic (exact) mass is 480 g/mol. The summed E-state index contributed by atoms with van der Waals surface area (Å²) < 4.78 is 28.3. The van der Waals surface area contributed by atoms with Crippen molar-refractivity contribution < 1.29 is 23.7 Å². The summed E-state index contributed by atoms with van der Waals surface area (Å²) in [7, 11) is 6.48. The highest BCUT2D eigenvalue weighted by molar-refractivity contribution is 6.30. The number of fused-ring (bicyclic) bond motifs is 3. The number of hydrogen-bond acceptors (Lipinski definition) is 7. The molecule has 2 unspecified atom stereocenters. The van der Waals surface area contributed by atoms with Crippen LogP contribution in [0.15, 0.2) is 59.7 Å². The molecule has 34 heavy (non-hydrogen) atoms. The fraction of sp³-hybridized carbons (Fsp3) is 0.269. The lowest BCUT2D eigenvalue weighted by atomic mass is 9.95. The van der Waals surface area contributed by atoms with Gasteiger partial charge in [0.05, 0.1) is 40.2 Å². The van der Waals surface area contributed by atoms with Crippen LogP contribution in [-0.2, 0) is 0 Å². The number of nitrogens with zero attached hydrogens (tertiary/aromatic N) is 2. The van der Waals surface area contributed by atoms with Crippen LogP contribution in [0, 0.1) is 0 Å². The molecule has 2 aliphatic heterocycles. The van der Waals surface area contributed by atoms with Crippen LogP contribution < -0.4 is 23.7 Å². The molecule has 0 saturated carbocycles. The number of rotatable bonds is 6. The summed E-state index contributed by atoms with van der Waals surface area (Å²) in [5, 5.41) is 7.66. The predicted molar refractivity (Wildman–Crippen MR) is 130 cm³/mol. The topological polar surface area (TPSA) is 61.8 Å². The summed E-state index contributed by atoms with van der Waals surface area (Å²) in [6.45, 7) is 0. The van der Waals surface area contributed by atoms with Gasteiger partial charge in [0.15, 0.2) is 23.0 Å². The van der Waals surface area contributed by atoms with Crippen LogP contribution in [0.5, 0.6) is 28.7 Å². The molecule has 2 heterocycles. The van der Waals surface area contributed by atoms with Crippen LogP contribution in [0.25, 0.3) is 0 Å². The Morgan fingerprint density at radius 1 is 0.824 bits per heavy atom. The molecular weight excluding hydrogens is 456 g/mol. The van der Waals surface area contributed by atoms with Crippen molar-refractivity contribution in [1.29, 1.82) is 0 Å². The standard InChI is InChI=1S/C26H25ClN2O5/c1-30-22-8-5-15(11-24(22)32-3)19-14-20-18-13-17(27)7-10-21(18)34-26(29(20)28-19)16-6-9-23(31-2)25(12-16)33-4/h5-13,20,26H,14H2,1-4H3. The third-order valence-electron chi connectivity index (χ3n) is 6.16. The first-order valence-electron chi connectivity index (χ1n) is 10.8. The maximum absolute atomic E-state index is 6.44. The minimum atomic E-state index is -0.448. The van der Waals surface area contributed by atoms with Crippen LogP contribution >= 0.6 is 11.6 Å². The van der Waals surface area contributed by atoms with E-state index >= 15 is 0 Å². The van der Waals surface area contributed by atoms with Crippen molar-refractivity contribution in [3.05, 3.63) is 76.3 Å². The molecule has 0 aliphatic carbocycles. The van der Waals surface area contributed by atoms with E-state index in [1.54, 1.807) is 28.4 Å². The first-order valence-corrected chi connectivity index (χ1v) is 11.2. The van der Waals surface area contributed by atoms with Crippen LogP contribution in [-0.4, -0.2) is 39.2 Å². The number of halogens is 1. The molecule has 5 rings (SSSR count). The van der Waals surface area contributed by atoms with E-state index in [2.05, 4.69) is 0 Å². The molecule has 0 N–H and O–H groups in total. The molecular formula is C26H25ClN2O5. The summed E-state index contributed by atoms with van der Waals surface area (Å²) in [4.78, 5) is 0. The fourth-order valence-corrected chi connectivity index (χ4v) is 4.66. The second-order valence-corrected chi connectivity index (χ2v) is 8.42. The number of benzene rings is 3. The maximum Gasteiger partial charge on any atom is 0.214 e. The molecule has 0 saturated heterocycles. The van der Waals surface area contributed by atoms with Gasteiger partial charge in [0.1, 0.15) is 5.75 Å². The van der Waals surface area contributed by atoms with Gasteiger partial charge in [-0.05, 0) is 54.6 Å². The Hall–Kier alpha value is -3.58. The third-order valence-corrected chi connectivity index (χ3v) is 6.40. The number of hydrazone groups is 1. The molecule has 3 aromatic carbocycles. The van der Waals surface area contributed by atoms with Crippen molar-refractivity contribution in [1.82, 2.24) is 5.01 Å². The van der Waals surface area contributed by atoms with Gasteiger partial charge in [0.2, 0.25) is 6.23 Å². The summed E-state index contributed by atoms with van der Waals surface area (Å²) in [5.74, 6) is 3.40. The van der Waals surface area contributed by atoms with E-state index < -0.39 is 6.23 Å². The van der Waals surface area contributed by atoms with E-state index in [1.807, 2.05) is 59.6 Å². The minimum absolute atomic E-state index is 0.0383. The van der Waals surface area contributed by atoms with E-state index in [0.717, 1.165) is 28.2 Å². The largest absolute Gasteiger partial charge is 0.493 e. The van der Waals surface area contributed by atoms with Gasteiger partial charge >= 0.3 is 0 Å². The highest BCUT2D eigenvalue weighted by Gasteiger charge is 2.41. The Bertz CT molecular complexity index is 1260. The minimum Gasteiger partial charge on any atom is -0.493 e. The Balaban J connectivity index is 1.59. The van der Waals surface area contributed by atoms with Crippen LogP contribution in [0.3, 0.4) is 0 Å². The smallest absolute Gasteiger partial charge is 0.214 e. The zero-order valence-corrected chi connectivity index (χ0v) is 20.1.